The van der Waals surface area contributed by atoms with E-state index in [-0.39, 0.29) is 12.2 Å². The molecule has 0 saturated heterocycles. The summed E-state index contributed by atoms with van der Waals surface area (Å²) in [6, 6.07) is 3.04. The Kier molecular flexibility index (Phi) is 4.73. The van der Waals surface area contributed by atoms with Crippen LogP contribution in [0.1, 0.15) is 0 Å². The fraction of sp³-hybridized carbons (Fsp3) is 0.182. The number of carbonyl (C=O) groups is 1. The SMILES string of the molecule is C=CCN(CC(=O)O)c1ccc([N+](=O)[O-])cc1[N+](=O)[O-]. The zero-order valence-electron chi connectivity index (χ0n) is 10.3. The Morgan fingerprint density at radius 1 is 1.35 bits per heavy atom. The van der Waals surface area contributed by atoms with Gasteiger partial charge in [-0.1, -0.05) is 6.08 Å². The number of nitrogens with zero attached hydrogens (tertiary/aromatic N) is 3. The second-order valence-corrected chi connectivity index (χ2v) is 3.75. The molecule has 0 aliphatic rings. The molecule has 0 fully saturated rings. The molecule has 1 aromatic rings. The molecule has 0 atom stereocenters. The molecule has 106 valence electrons. The molecule has 0 unspecified atom stereocenters. The average Bonchev–Trinajstić information content (AvgIpc) is 2.36. The first kappa shape index (κ1) is 15.1. The molecule has 0 heterocycles. The summed E-state index contributed by atoms with van der Waals surface area (Å²) in [6.07, 6.45) is 1.38. The second-order valence-electron chi connectivity index (χ2n) is 3.75. The Balaban J connectivity index is 3.32. The number of hydrogen-bond acceptors (Lipinski definition) is 6. The maximum absolute atomic E-state index is 11.0. The molecule has 1 aromatic carbocycles. The minimum Gasteiger partial charge on any atom is -0.480 e. The number of non-ortho nitro benzene ring substituents is 1. The van der Waals surface area contributed by atoms with Gasteiger partial charge in [-0.15, -0.1) is 6.58 Å². The Bertz CT molecular complexity index is 571. The summed E-state index contributed by atoms with van der Waals surface area (Å²) in [5, 5.41) is 30.4. The number of benzene rings is 1. The highest BCUT2D eigenvalue weighted by Gasteiger charge is 2.24. The van der Waals surface area contributed by atoms with E-state index in [0.717, 1.165) is 18.2 Å². The van der Waals surface area contributed by atoms with Gasteiger partial charge < -0.3 is 10.0 Å². The van der Waals surface area contributed by atoms with Crippen molar-refractivity contribution in [1.82, 2.24) is 0 Å². The number of nitro benzene ring substituents is 2. The molecule has 0 radical (unpaired) electrons. The summed E-state index contributed by atoms with van der Waals surface area (Å²) >= 11 is 0. The first-order chi connectivity index (χ1) is 9.36. The van der Waals surface area contributed by atoms with E-state index >= 15 is 0 Å². The fourth-order valence-electron chi connectivity index (χ4n) is 1.61. The lowest BCUT2D eigenvalue weighted by Crippen LogP contribution is -2.30. The van der Waals surface area contributed by atoms with Gasteiger partial charge in [0.2, 0.25) is 0 Å². The van der Waals surface area contributed by atoms with Gasteiger partial charge in [0.15, 0.2) is 0 Å². The monoisotopic (exact) mass is 281 g/mol. The summed E-state index contributed by atoms with van der Waals surface area (Å²) in [4.78, 5) is 32.0. The molecule has 0 amide bonds. The van der Waals surface area contributed by atoms with Crippen molar-refractivity contribution >= 4 is 23.0 Å². The minimum atomic E-state index is -1.18. The van der Waals surface area contributed by atoms with Crippen LogP contribution in [0.15, 0.2) is 30.9 Å². The van der Waals surface area contributed by atoms with Gasteiger partial charge in [0.05, 0.1) is 15.9 Å². The van der Waals surface area contributed by atoms with Gasteiger partial charge in [0.1, 0.15) is 12.2 Å². The van der Waals surface area contributed by atoms with Crippen LogP contribution in [0.3, 0.4) is 0 Å². The van der Waals surface area contributed by atoms with E-state index in [9.17, 15) is 25.0 Å². The number of carboxylic acid groups (broad SMARTS) is 1. The molecule has 20 heavy (non-hydrogen) atoms. The zero-order chi connectivity index (χ0) is 15.3. The van der Waals surface area contributed by atoms with Crippen molar-refractivity contribution in [1.29, 1.82) is 0 Å². The topological polar surface area (TPSA) is 127 Å². The Labute approximate surface area is 113 Å². The standard InChI is InChI=1S/C11H11N3O6/c1-2-5-12(7-11(15)16)9-4-3-8(13(17)18)6-10(9)14(19)20/h2-4,6H,1,5,7H2,(H,15,16). The van der Waals surface area contributed by atoms with Gasteiger partial charge in [-0.3, -0.25) is 25.0 Å². The van der Waals surface area contributed by atoms with Crippen LogP contribution in [0.25, 0.3) is 0 Å². The molecule has 0 aliphatic heterocycles. The zero-order valence-corrected chi connectivity index (χ0v) is 10.3. The summed E-state index contributed by atoms with van der Waals surface area (Å²) in [6.45, 7) is 3.02. The normalized spacial score (nSPS) is 9.80. The van der Waals surface area contributed by atoms with Crippen molar-refractivity contribution in [3.05, 3.63) is 51.1 Å². The van der Waals surface area contributed by atoms with E-state index in [2.05, 4.69) is 6.58 Å². The summed E-state index contributed by atoms with van der Waals surface area (Å²) in [5.74, 6) is -1.18. The largest absolute Gasteiger partial charge is 0.480 e. The first-order valence-corrected chi connectivity index (χ1v) is 5.37. The van der Waals surface area contributed by atoms with Crippen molar-refractivity contribution in [3.63, 3.8) is 0 Å². The summed E-state index contributed by atoms with van der Waals surface area (Å²) < 4.78 is 0. The van der Waals surface area contributed by atoms with Crippen LogP contribution in [-0.2, 0) is 4.79 Å². The number of aliphatic carboxylic acids is 1. The van der Waals surface area contributed by atoms with E-state index in [1.807, 2.05) is 0 Å². The van der Waals surface area contributed by atoms with Crippen molar-refractivity contribution in [2.75, 3.05) is 18.0 Å². The van der Waals surface area contributed by atoms with Crippen LogP contribution in [0.5, 0.6) is 0 Å². The highest BCUT2D eigenvalue weighted by molar-refractivity contribution is 5.77. The molecule has 0 bridgehead atoms. The third-order valence-corrected chi connectivity index (χ3v) is 2.38. The third kappa shape index (κ3) is 3.51. The Morgan fingerprint density at radius 3 is 2.45 bits per heavy atom. The van der Waals surface area contributed by atoms with Crippen molar-refractivity contribution in [3.8, 4) is 0 Å². The van der Waals surface area contributed by atoms with Gasteiger partial charge in [-0.2, -0.15) is 0 Å². The maximum atomic E-state index is 11.0. The molecular formula is C11H11N3O6. The highest BCUT2D eigenvalue weighted by atomic mass is 16.6. The Hall–Kier alpha value is -2.97. The van der Waals surface area contributed by atoms with Crippen LogP contribution < -0.4 is 4.90 Å². The van der Waals surface area contributed by atoms with Crippen LogP contribution in [0.2, 0.25) is 0 Å². The van der Waals surface area contributed by atoms with Crippen LogP contribution in [-0.4, -0.2) is 34.0 Å². The highest BCUT2D eigenvalue weighted by Crippen LogP contribution is 2.31. The molecule has 0 aromatic heterocycles. The van der Waals surface area contributed by atoms with E-state index < -0.39 is 33.7 Å². The lowest BCUT2D eigenvalue weighted by Gasteiger charge is -2.20. The minimum absolute atomic E-state index is 0.0112. The van der Waals surface area contributed by atoms with Gasteiger partial charge in [0, 0.05) is 12.6 Å². The Morgan fingerprint density at radius 2 is 2.00 bits per heavy atom. The van der Waals surface area contributed by atoms with Crippen LogP contribution in [0.4, 0.5) is 17.1 Å². The van der Waals surface area contributed by atoms with E-state index in [1.54, 1.807) is 0 Å². The summed E-state index contributed by atoms with van der Waals surface area (Å²) in [5.41, 5.74) is -0.973. The smallest absolute Gasteiger partial charge is 0.323 e. The van der Waals surface area contributed by atoms with E-state index in [1.165, 1.54) is 11.0 Å². The molecule has 9 heteroatoms. The second kappa shape index (κ2) is 6.27. The van der Waals surface area contributed by atoms with Crippen LogP contribution in [0, 0.1) is 20.2 Å². The number of hydrogen-bond donors (Lipinski definition) is 1. The van der Waals surface area contributed by atoms with Crippen LogP contribution >= 0.6 is 0 Å². The van der Waals surface area contributed by atoms with Gasteiger partial charge >= 0.3 is 5.97 Å². The molecule has 1 rings (SSSR count). The fourth-order valence-corrected chi connectivity index (χ4v) is 1.61. The number of rotatable bonds is 7. The van der Waals surface area contributed by atoms with Crippen molar-refractivity contribution in [2.24, 2.45) is 0 Å². The maximum Gasteiger partial charge on any atom is 0.323 e. The van der Waals surface area contributed by atoms with E-state index in [0.29, 0.717) is 0 Å². The quantitative estimate of drug-likeness (QED) is 0.456. The van der Waals surface area contributed by atoms with Crippen molar-refractivity contribution in [2.45, 2.75) is 0 Å². The molecule has 9 nitrogen and oxygen atoms in total. The molecule has 0 spiro atoms. The predicted molar refractivity (Wildman–Crippen MR) is 69.8 cm³/mol. The predicted octanol–water partition coefficient (Wildman–Crippen LogP) is 1.58. The number of nitro groups is 2. The van der Waals surface area contributed by atoms with Gasteiger partial charge in [0.25, 0.3) is 11.4 Å². The molecule has 0 saturated carbocycles. The third-order valence-electron chi connectivity index (χ3n) is 2.38. The lowest BCUT2D eigenvalue weighted by atomic mass is 10.2. The van der Waals surface area contributed by atoms with E-state index in [4.69, 9.17) is 5.11 Å². The average molecular weight is 281 g/mol. The van der Waals surface area contributed by atoms with Crippen molar-refractivity contribution < 1.29 is 19.7 Å². The molecule has 1 N–H and O–H groups in total. The lowest BCUT2D eigenvalue weighted by molar-refractivity contribution is -0.393. The van der Waals surface area contributed by atoms with Gasteiger partial charge in [-0.05, 0) is 6.07 Å². The number of carboxylic acids is 1. The molecule has 0 aliphatic carbocycles. The number of anilines is 1. The summed E-state index contributed by atoms with van der Waals surface area (Å²) in [7, 11) is 0. The first-order valence-electron chi connectivity index (χ1n) is 5.37. The van der Waals surface area contributed by atoms with Gasteiger partial charge in [-0.25, -0.2) is 0 Å². The molecular weight excluding hydrogens is 270 g/mol.